The van der Waals surface area contributed by atoms with E-state index in [1.165, 1.54) is 6.26 Å². The number of ether oxygens (including phenoxy) is 1. The number of carbonyl (C=O) groups is 3. The van der Waals surface area contributed by atoms with Crippen LogP contribution in [0, 0.1) is 0 Å². The summed E-state index contributed by atoms with van der Waals surface area (Å²) in [6.45, 7) is 2.33. The van der Waals surface area contributed by atoms with Gasteiger partial charge in [-0.1, -0.05) is 12.1 Å². The zero-order valence-electron chi connectivity index (χ0n) is 19.8. The van der Waals surface area contributed by atoms with Crippen LogP contribution in [0.4, 0.5) is 10.5 Å². The fourth-order valence-electron chi connectivity index (χ4n) is 5.29. The van der Waals surface area contributed by atoms with E-state index in [-0.39, 0.29) is 17.8 Å². The molecule has 2 aromatic carbocycles. The molecule has 0 saturated carbocycles. The van der Waals surface area contributed by atoms with Crippen molar-refractivity contribution in [1.29, 1.82) is 0 Å². The summed E-state index contributed by atoms with van der Waals surface area (Å²) >= 11 is 0. The summed E-state index contributed by atoms with van der Waals surface area (Å²) in [6.07, 6.45) is 2.12. The number of methoxy groups -OCH3 is 1. The summed E-state index contributed by atoms with van der Waals surface area (Å²) in [6, 6.07) is 15.4. The molecule has 1 fully saturated rings. The summed E-state index contributed by atoms with van der Waals surface area (Å²) in [4.78, 5) is 46.8. The number of amides is 4. The minimum absolute atomic E-state index is 0.188. The molecule has 0 aliphatic carbocycles. The lowest BCUT2D eigenvalue weighted by atomic mass is 9.87. The lowest BCUT2D eigenvalue weighted by molar-refractivity contribution is -0.125. The van der Waals surface area contributed by atoms with Crippen LogP contribution < -0.4 is 15.0 Å². The Morgan fingerprint density at radius 3 is 2.78 bits per heavy atom. The van der Waals surface area contributed by atoms with Crippen LogP contribution in [0.5, 0.6) is 5.75 Å². The zero-order chi connectivity index (χ0) is 25.0. The highest BCUT2D eigenvalue weighted by molar-refractivity contribution is 6.25. The van der Waals surface area contributed by atoms with Crippen molar-refractivity contribution in [3.8, 4) is 5.75 Å². The van der Waals surface area contributed by atoms with Crippen LogP contribution in [0.1, 0.15) is 34.3 Å². The number of nitrogens with zero attached hydrogens (tertiary/aromatic N) is 2. The van der Waals surface area contributed by atoms with E-state index in [2.05, 4.69) is 10.3 Å². The number of rotatable bonds is 5. The largest absolute Gasteiger partial charge is 0.497 e. The van der Waals surface area contributed by atoms with Crippen molar-refractivity contribution in [3.63, 3.8) is 0 Å². The van der Waals surface area contributed by atoms with Gasteiger partial charge >= 0.3 is 6.03 Å². The van der Waals surface area contributed by atoms with Gasteiger partial charge in [-0.15, -0.1) is 0 Å². The number of para-hydroxylation sites is 1. The van der Waals surface area contributed by atoms with Gasteiger partial charge < -0.3 is 24.4 Å². The van der Waals surface area contributed by atoms with Crippen molar-refractivity contribution in [2.45, 2.75) is 25.4 Å². The summed E-state index contributed by atoms with van der Waals surface area (Å²) in [5.41, 5.74) is 1.82. The second kappa shape index (κ2) is 8.01. The van der Waals surface area contributed by atoms with Crippen LogP contribution in [0.3, 0.4) is 0 Å². The summed E-state index contributed by atoms with van der Waals surface area (Å²) < 4.78 is 10.7. The van der Waals surface area contributed by atoms with E-state index in [1.54, 1.807) is 55.3 Å². The standard InChI is InChI=1S/C27H24N4O5/c1-27-23-18(20-14-16(35-2)9-10-21(20)29-23)11-12-30(27)26(34)31(25(27)33)22-8-4-3-7-19(22)24(32)28-15-17-6-5-13-36-17/h3-10,13-14,29H,11-12,15H2,1-2H3,(H,28,32)/t27-/m0/s1. The molecule has 1 saturated heterocycles. The second-order valence-electron chi connectivity index (χ2n) is 9.07. The number of furan rings is 1. The quantitative estimate of drug-likeness (QED) is 0.417. The van der Waals surface area contributed by atoms with E-state index in [4.69, 9.17) is 9.15 Å². The number of urea groups is 1. The highest BCUT2D eigenvalue weighted by atomic mass is 16.5. The minimum atomic E-state index is -1.23. The summed E-state index contributed by atoms with van der Waals surface area (Å²) in [7, 11) is 1.61. The van der Waals surface area contributed by atoms with Gasteiger partial charge in [-0.3, -0.25) is 9.59 Å². The number of anilines is 1. The highest BCUT2D eigenvalue weighted by Crippen LogP contribution is 2.46. The average molecular weight is 485 g/mol. The fourth-order valence-corrected chi connectivity index (χ4v) is 5.29. The molecular formula is C27H24N4O5. The van der Waals surface area contributed by atoms with Crippen LogP contribution in [0.2, 0.25) is 0 Å². The normalized spacial score (nSPS) is 18.9. The topological polar surface area (TPSA) is 108 Å². The lowest BCUT2D eigenvalue weighted by Crippen LogP contribution is -2.49. The molecular weight excluding hydrogens is 460 g/mol. The lowest BCUT2D eigenvalue weighted by Gasteiger charge is -2.35. The minimum Gasteiger partial charge on any atom is -0.497 e. The first kappa shape index (κ1) is 22.0. The molecule has 4 aromatic rings. The van der Waals surface area contributed by atoms with Gasteiger partial charge in [0, 0.05) is 17.4 Å². The maximum Gasteiger partial charge on any atom is 0.332 e. The molecule has 182 valence electrons. The SMILES string of the molecule is COc1ccc2[nH]c3c(c2c1)CCN1C(=O)N(c2ccccc2C(=O)NCc2ccco2)C(=O)[C@]31C. The van der Waals surface area contributed by atoms with Crippen molar-refractivity contribution in [1.82, 2.24) is 15.2 Å². The third kappa shape index (κ3) is 3.05. The first-order valence-electron chi connectivity index (χ1n) is 11.7. The van der Waals surface area contributed by atoms with E-state index < -0.39 is 23.4 Å². The molecule has 2 aliphatic heterocycles. The van der Waals surface area contributed by atoms with Gasteiger partial charge in [0.05, 0.1) is 36.9 Å². The number of benzene rings is 2. The number of carbonyl (C=O) groups excluding carboxylic acids is 3. The molecule has 2 N–H and O–H groups in total. The summed E-state index contributed by atoms with van der Waals surface area (Å²) in [5.74, 6) is 0.512. The summed E-state index contributed by atoms with van der Waals surface area (Å²) in [5, 5.41) is 3.77. The average Bonchev–Trinajstić information content (AvgIpc) is 3.59. The van der Waals surface area contributed by atoms with Crippen molar-refractivity contribution < 1.29 is 23.5 Å². The Bertz CT molecular complexity index is 1520. The Hall–Kier alpha value is -4.53. The molecule has 1 atom stereocenters. The van der Waals surface area contributed by atoms with Crippen LogP contribution >= 0.6 is 0 Å². The number of aromatic nitrogens is 1. The Morgan fingerprint density at radius 1 is 1.17 bits per heavy atom. The number of aromatic amines is 1. The number of fused-ring (bicyclic) bond motifs is 5. The van der Waals surface area contributed by atoms with E-state index in [9.17, 15) is 14.4 Å². The smallest absolute Gasteiger partial charge is 0.332 e. The zero-order valence-corrected chi connectivity index (χ0v) is 19.8. The first-order chi connectivity index (χ1) is 17.4. The van der Waals surface area contributed by atoms with Crippen LogP contribution in [-0.4, -0.2) is 41.4 Å². The van der Waals surface area contributed by atoms with Crippen molar-refractivity contribution in [2.75, 3.05) is 18.6 Å². The Morgan fingerprint density at radius 2 is 2.00 bits per heavy atom. The third-order valence-corrected chi connectivity index (χ3v) is 7.16. The van der Waals surface area contributed by atoms with Gasteiger partial charge in [-0.05, 0) is 61.4 Å². The number of hydrogen-bond acceptors (Lipinski definition) is 5. The van der Waals surface area contributed by atoms with Gasteiger partial charge in [0.1, 0.15) is 11.5 Å². The van der Waals surface area contributed by atoms with Gasteiger partial charge in [0.2, 0.25) is 0 Å². The van der Waals surface area contributed by atoms with Gasteiger partial charge in [-0.25, -0.2) is 9.69 Å². The van der Waals surface area contributed by atoms with Crippen molar-refractivity contribution in [2.24, 2.45) is 0 Å². The number of nitrogens with one attached hydrogen (secondary N) is 2. The molecule has 4 amide bonds. The number of hydrogen-bond donors (Lipinski definition) is 2. The molecule has 0 bridgehead atoms. The predicted octanol–water partition coefficient (Wildman–Crippen LogP) is 3.94. The highest BCUT2D eigenvalue weighted by Gasteiger charge is 2.59. The first-order valence-corrected chi connectivity index (χ1v) is 11.7. The van der Waals surface area contributed by atoms with E-state index in [1.807, 2.05) is 18.2 Å². The molecule has 4 heterocycles. The van der Waals surface area contributed by atoms with Gasteiger partial charge in [0.15, 0.2) is 5.54 Å². The molecule has 0 radical (unpaired) electrons. The van der Waals surface area contributed by atoms with E-state index in [0.29, 0.717) is 24.4 Å². The second-order valence-corrected chi connectivity index (χ2v) is 9.07. The molecule has 6 rings (SSSR count). The van der Waals surface area contributed by atoms with E-state index >= 15 is 0 Å². The fraction of sp³-hybridized carbons (Fsp3) is 0.222. The maximum absolute atomic E-state index is 14.0. The Balaban J connectivity index is 1.39. The molecule has 9 heteroatoms. The van der Waals surface area contributed by atoms with Gasteiger partial charge in [-0.2, -0.15) is 0 Å². The van der Waals surface area contributed by atoms with Gasteiger partial charge in [0.25, 0.3) is 11.8 Å². The van der Waals surface area contributed by atoms with Crippen molar-refractivity contribution >= 4 is 34.4 Å². The molecule has 36 heavy (non-hydrogen) atoms. The van der Waals surface area contributed by atoms with Crippen LogP contribution in [0.25, 0.3) is 10.9 Å². The Kier molecular flexibility index (Phi) is 4.89. The molecule has 2 aliphatic rings. The number of imide groups is 1. The van der Waals surface area contributed by atoms with Crippen molar-refractivity contribution in [3.05, 3.63) is 83.4 Å². The molecule has 2 aromatic heterocycles. The third-order valence-electron chi connectivity index (χ3n) is 7.16. The monoisotopic (exact) mass is 484 g/mol. The predicted molar refractivity (Wildman–Crippen MR) is 132 cm³/mol. The van der Waals surface area contributed by atoms with Crippen LogP contribution in [-0.2, 0) is 23.3 Å². The van der Waals surface area contributed by atoms with Crippen LogP contribution in [0.15, 0.2) is 65.3 Å². The van der Waals surface area contributed by atoms with E-state index in [0.717, 1.165) is 27.1 Å². The Labute approximate surface area is 206 Å². The molecule has 0 unspecified atom stereocenters. The number of H-pyrrole nitrogens is 1. The molecule has 0 spiro atoms. The molecule has 9 nitrogen and oxygen atoms in total. The maximum atomic E-state index is 14.0.